The van der Waals surface area contributed by atoms with Gasteiger partial charge in [0.15, 0.2) is 0 Å². The molecule has 0 unspecified atom stereocenters. The number of nitrogens with one attached hydrogen (secondary N) is 1. The molecule has 0 atom stereocenters. The molecule has 4 aromatic rings. The van der Waals surface area contributed by atoms with Gasteiger partial charge in [-0.05, 0) is 73.0 Å². The molecule has 0 radical (unpaired) electrons. The second-order valence-corrected chi connectivity index (χ2v) is 10.1. The maximum absolute atomic E-state index is 13.3. The van der Waals surface area contributed by atoms with Crippen LogP contribution in [0.5, 0.6) is 0 Å². The van der Waals surface area contributed by atoms with Crippen LogP contribution in [0.1, 0.15) is 51.0 Å². The first kappa shape index (κ1) is 23.4. The quantitative estimate of drug-likeness (QED) is 0.328. The highest BCUT2D eigenvalue weighted by molar-refractivity contribution is 9.10. The minimum Gasteiger partial charge on any atom is -0.366 e. The predicted molar refractivity (Wildman–Crippen MR) is 136 cm³/mol. The van der Waals surface area contributed by atoms with Gasteiger partial charge in [-0.2, -0.15) is 9.90 Å². The van der Waals surface area contributed by atoms with Gasteiger partial charge in [-0.3, -0.25) is 14.3 Å². The van der Waals surface area contributed by atoms with Crippen LogP contribution in [-0.2, 0) is 6.54 Å². The molecule has 2 aromatic carbocycles. The molecule has 2 aromatic heterocycles. The van der Waals surface area contributed by atoms with Crippen LogP contribution < -0.4 is 11.1 Å². The maximum atomic E-state index is 13.3. The molecular formula is C23H20Br2N8O2. The number of halogens is 2. The summed E-state index contributed by atoms with van der Waals surface area (Å²) in [5.74, 6) is -0.493. The molecule has 5 rings (SSSR count). The van der Waals surface area contributed by atoms with Gasteiger partial charge >= 0.3 is 0 Å². The van der Waals surface area contributed by atoms with Gasteiger partial charge in [0.05, 0.1) is 23.0 Å². The number of hydrogen-bond acceptors (Lipinski definition) is 6. The first-order valence-corrected chi connectivity index (χ1v) is 12.4. The SMILES string of the molecule is Cc1cc(Br)cc(C(N)=O)c1NC(=O)c1cc(Cn2nnc(-c3ccc(Br)cc3)n2)nn1C1CC1. The Morgan fingerprint density at radius 1 is 1.09 bits per heavy atom. The van der Waals surface area contributed by atoms with Crippen LogP contribution in [-0.4, -0.2) is 41.8 Å². The number of benzene rings is 2. The number of carbonyl (C=O) groups excluding carboxylic acids is 2. The Hall–Kier alpha value is -3.38. The zero-order valence-electron chi connectivity index (χ0n) is 18.6. The number of anilines is 1. The number of tetrazole rings is 1. The largest absolute Gasteiger partial charge is 0.366 e. The van der Waals surface area contributed by atoms with Crippen LogP contribution in [0.2, 0.25) is 0 Å². The molecule has 1 fully saturated rings. The lowest BCUT2D eigenvalue weighted by molar-refractivity contribution is 0.100. The number of nitrogens with two attached hydrogens (primary N) is 1. The Morgan fingerprint density at radius 2 is 1.83 bits per heavy atom. The van der Waals surface area contributed by atoms with Gasteiger partial charge in [-0.25, -0.2) is 0 Å². The average molecular weight is 600 g/mol. The van der Waals surface area contributed by atoms with Crippen molar-refractivity contribution in [3.63, 3.8) is 0 Å². The third kappa shape index (κ3) is 5.03. The van der Waals surface area contributed by atoms with E-state index in [1.807, 2.05) is 30.3 Å². The van der Waals surface area contributed by atoms with Crippen LogP contribution in [0.25, 0.3) is 11.4 Å². The number of aromatic nitrogens is 6. The van der Waals surface area contributed by atoms with Crippen molar-refractivity contribution in [2.45, 2.75) is 32.4 Å². The fourth-order valence-electron chi connectivity index (χ4n) is 3.74. The lowest BCUT2D eigenvalue weighted by atomic mass is 10.1. The summed E-state index contributed by atoms with van der Waals surface area (Å²) in [5.41, 5.74) is 8.74. The van der Waals surface area contributed by atoms with E-state index in [2.05, 4.69) is 57.7 Å². The highest BCUT2D eigenvalue weighted by atomic mass is 79.9. The zero-order valence-corrected chi connectivity index (χ0v) is 21.7. The smallest absolute Gasteiger partial charge is 0.273 e. The Bertz CT molecular complexity index is 1440. The number of carbonyl (C=O) groups is 2. The molecule has 12 heteroatoms. The lowest BCUT2D eigenvalue weighted by Crippen LogP contribution is -2.21. The molecule has 1 aliphatic rings. The van der Waals surface area contributed by atoms with Gasteiger partial charge < -0.3 is 11.1 Å². The third-order valence-corrected chi connectivity index (χ3v) is 6.56. The fraction of sp³-hybridized carbons (Fsp3) is 0.217. The number of rotatable bonds is 7. The van der Waals surface area contributed by atoms with Gasteiger partial charge in [0.1, 0.15) is 12.2 Å². The lowest BCUT2D eigenvalue weighted by Gasteiger charge is -2.13. The molecule has 0 saturated heterocycles. The molecule has 10 nitrogen and oxygen atoms in total. The molecule has 1 saturated carbocycles. The second kappa shape index (κ2) is 9.34. The summed E-state index contributed by atoms with van der Waals surface area (Å²) in [6, 6.07) is 12.9. The summed E-state index contributed by atoms with van der Waals surface area (Å²) in [6.45, 7) is 2.06. The van der Waals surface area contributed by atoms with E-state index in [1.165, 1.54) is 4.80 Å². The van der Waals surface area contributed by atoms with Crippen molar-refractivity contribution in [1.29, 1.82) is 0 Å². The van der Waals surface area contributed by atoms with E-state index in [9.17, 15) is 9.59 Å². The summed E-state index contributed by atoms with van der Waals surface area (Å²) >= 11 is 6.78. The topological polar surface area (TPSA) is 134 Å². The van der Waals surface area contributed by atoms with Gasteiger partial charge in [0.2, 0.25) is 5.82 Å². The molecule has 2 heterocycles. The first-order valence-electron chi connectivity index (χ1n) is 10.8. The standard InChI is InChI=1S/C23H20Br2N8O2/c1-12-8-15(25)9-18(21(26)34)20(12)27-23(35)19-10-16(29-33(19)17-6-7-17)11-32-30-22(28-31-32)13-2-4-14(24)5-3-13/h2-5,8-10,17H,6-7,11H2,1H3,(H2,26,34)(H,27,35). The van der Waals surface area contributed by atoms with E-state index in [1.54, 1.807) is 23.7 Å². The number of primary amides is 1. The normalized spacial score (nSPS) is 13.1. The summed E-state index contributed by atoms with van der Waals surface area (Å²) in [7, 11) is 0. The molecule has 3 N–H and O–H groups in total. The van der Waals surface area contributed by atoms with Crippen molar-refractivity contribution in [3.05, 3.63) is 73.9 Å². The monoisotopic (exact) mass is 598 g/mol. The van der Waals surface area contributed by atoms with Crippen LogP contribution >= 0.6 is 31.9 Å². The highest BCUT2D eigenvalue weighted by Crippen LogP contribution is 2.36. The van der Waals surface area contributed by atoms with Gasteiger partial charge in [0.25, 0.3) is 11.8 Å². The van der Waals surface area contributed by atoms with Crippen molar-refractivity contribution in [2.24, 2.45) is 5.73 Å². The van der Waals surface area contributed by atoms with Gasteiger partial charge in [-0.15, -0.1) is 10.2 Å². The number of aryl methyl sites for hydroxylation is 1. The zero-order chi connectivity index (χ0) is 24.7. The van der Waals surface area contributed by atoms with E-state index < -0.39 is 5.91 Å². The van der Waals surface area contributed by atoms with Crippen LogP contribution in [0.4, 0.5) is 5.69 Å². The minimum absolute atomic E-state index is 0.160. The number of hydrogen-bond donors (Lipinski definition) is 2. The van der Waals surface area contributed by atoms with Crippen molar-refractivity contribution in [2.75, 3.05) is 5.32 Å². The molecule has 178 valence electrons. The van der Waals surface area contributed by atoms with E-state index in [0.29, 0.717) is 32.9 Å². The number of amides is 2. The predicted octanol–water partition coefficient (Wildman–Crippen LogP) is 4.10. The maximum Gasteiger partial charge on any atom is 0.273 e. The van der Waals surface area contributed by atoms with Gasteiger partial charge in [-0.1, -0.05) is 31.9 Å². The molecule has 0 aliphatic heterocycles. The van der Waals surface area contributed by atoms with Crippen LogP contribution in [0.15, 0.2) is 51.4 Å². The second-order valence-electron chi connectivity index (χ2n) is 8.31. The molecule has 35 heavy (non-hydrogen) atoms. The molecule has 0 bridgehead atoms. The average Bonchev–Trinajstić information content (AvgIpc) is 3.41. The Morgan fingerprint density at radius 3 is 2.51 bits per heavy atom. The Balaban J connectivity index is 1.40. The first-order chi connectivity index (χ1) is 16.8. The Kier molecular flexibility index (Phi) is 6.24. The summed E-state index contributed by atoms with van der Waals surface area (Å²) in [6.07, 6.45) is 1.89. The van der Waals surface area contributed by atoms with E-state index in [0.717, 1.165) is 22.9 Å². The summed E-state index contributed by atoms with van der Waals surface area (Å²) in [4.78, 5) is 26.7. The van der Waals surface area contributed by atoms with Crippen LogP contribution in [0.3, 0.4) is 0 Å². The number of nitrogens with zero attached hydrogens (tertiary/aromatic N) is 6. The van der Waals surface area contributed by atoms with Crippen molar-refractivity contribution in [1.82, 2.24) is 30.0 Å². The van der Waals surface area contributed by atoms with E-state index in [-0.39, 0.29) is 24.1 Å². The van der Waals surface area contributed by atoms with Gasteiger partial charge in [0, 0.05) is 14.5 Å². The summed E-state index contributed by atoms with van der Waals surface area (Å²) in [5, 5.41) is 20.2. The minimum atomic E-state index is -0.625. The molecule has 1 aliphatic carbocycles. The summed E-state index contributed by atoms with van der Waals surface area (Å²) < 4.78 is 3.40. The van der Waals surface area contributed by atoms with Crippen molar-refractivity contribution < 1.29 is 9.59 Å². The highest BCUT2D eigenvalue weighted by Gasteiger charge is 2.30. The van der Waals surface area contributed by atoms with E-state index in [4.69, 9.17) is 5.73 Å². The van der Waals surface area contributed by atoms with Crippen LogP contribution in [0, 0.1) is 6.92 Å². The molecule has 0 spiro atoms. The third-order valence-electron chi connectivity index (χ3n) is 5.57. The Labute approximate surface area is 217 Å². The molecular weight excluding hydrogens is 580 g/mol. The van der Waals surface area contributed by atoms with Crippen molar-refractivity contribution in [3.8, 4) is 11.4 Å². The van der Waals surface area contributed by atoms with E-state index >= 15 is 0 Å². The van der Waals surface area contributed by atoms with Crippen molar-refractivity contribution >= 4 is 49.4 Å². The fourth-order valence-corrected chi connectivity index (χ4v) is 4.58. The molecule has 2 amide bonds.